The molecule has 2 aromatic heterocycles. The van der Waals surface area contributed by atoms with Crippen LogP contribution in [0.5, 0.6) is 34.5 Å². The monoisotopic (exact) mass is 1620 g/mol. The summed E-state index contributed by atoms with van der Waals surface area (Å²) in [6.45, 7) is 17.2. The maximum atomic E-state index is 14.9. The number of nitrogens with zero attached hydrogens (tertiary/aromatic N) is 4. The van der Waals surface area contributed by atoms with Gasteiger partial charge in [0, 0.05) is 116 Å². The Morgan fingerprint density at radius 3 is 1.06 bits per heavy atom. The van der Waals surface area contributed by atoms with Gasteiger partial charge in [-0.3, -0.25) is 38.7 Å². The molecule has 0 bridgehead atoms. The number of nitrogens with two attached hydrogens (primary N) is 3. The van der Waals surface area contributed by atoms with Gasteiger partial charge in [-0.2, -0.15) is 0 Å². The summed E-state index contributed by atoms with van der Waals surface area (Å²) in [6.07, 6.45) is 5.13. The summed E-state index contributed by atoms with van der Waals surface area (Å²) < 4.78 is 80.0. The van der Waals surface area contributed by atoms with Gasteiger partial charge in [0.25, 0.3) is 17.7 Å². The number of likely N-dealkylation sites (tertiary alicyclic amines) is 2. The third kappa shape index (κ3) is 25.2. The molecule has 5 amide bonds. The number of carboxylic acid groups (broad SMARTS) is 2. The Kier molecular flexibility index (Phi) is 32.6. The number of amides is 5. The second-order valence-corrected chi connectivity index (χ2v) is 28.2. The number of ketones is 3. The molecule has 31 nitrogen and oxygen atoms in total. The van der Waals surface area contributed by atoms with Gasteiger partial charge in [-0.25, -0.2) is 32.3 Å². The van der Waals surface area contributed by atoms with Gasteiger partial charge < -0.3 is 96.7 Å². The lowest BCUT2D eigenvalue weighted by Crippen LogP contribution is -2.51. The number of benzene rings is 6. The molecular formula is C83H94F3N11O20. The fourth-order valence-electron chi connectivity index (χ4n) is 11.6. The van der Waals surface area contributed by atoms with Crippen LogP contribution in [0.4, 0.5) is 22.8 Å². The minimum absolute atomic E-state index is 0.0395. The van der Waals surface area contributed by atoms with Gasteiger partial charge in [-0.15, -0.1) is 0 Å². The van der Waals surface area contributed by atoms with E-state index in [1.807, 2.05) is 20.8 Å². The quantitative estimate of drug-likeness (QED) is 0.0301. The summed E-state index contributed by atoms with van der Waals surface area (Å²) >= 11 is 0. The van der Waals surface area contributed by atoms with Crippen LogP contribution >= 0.6 is 0 Å². The van der Waals surface area contributed by atoms with Crippen molar-refractivity contribution in [2.24, 2.45) is 17.2 Å². The van der Waals surface area contributed by atoms with Crippen LogP contribution in [-0.2, 0) is 9.47 Å². The predicted octanol–water partition coefficient (Wildman–Crippen LogP) is 8.64. The van der Waals surface area contributed by atoms with Gasteiger partial charge in [0.1, 0.15) is 45.1 Å². The van der Waals surface area contributed by atoms with E-state index in [0.29, 0.717) is 31.7 Å². The van der Waals surface area contributed by atoms with E-state index in [9.17, 15) is 66.2 Å². The largest absolute Gasteiger partial charge is 0.507 e. The van der Waals surface area contributed by atoms with Crippen LogP contribution < -0.4 is 62.2 Å². The molecule has 5 heterocycles. The lowest BCUT2D eigenvalue weighted by atomic mass is 10.00. The number of halogens is 3. The predicted molar refractivity (Wildman–Crippen MR) is 421 cm³/mol. The van der Waals surface area contributed by atoms with E-state index in [1.165, 1.54) is 172 Å². The van der Waals surface area contributed by atoms with Crippen molar-refractivity contribution in [3.63, 3.8) is 0 Å². The van der Waals surface area contributed by atoms with E-state index in [2.05, 4.69) is 31.2 Å². The third-order valence-corrected chi connectivity index (χ3v) is 17.5. The smallest absolute Gasteiger partial charge is 0.410 e. The highest BCUT2D eigenvalue weighted by Crippen LogP contribution is 2.34. The van der Waals surface area contributed by atoms with E-state index in [0.717, 1.165) is 0 Å². The Morgan fingerprint density at radius 2 is 0.709 bits per heavy atom. The molecule has 6 atom stereocenters. The minimum atomic E-state index is -1.11. The molecule has 34 heteroatoms. The number of carbonyl (C=O) groups is 10. The number of carboxylic acids is 2. The number of hydrogen-bond acceptors (Lipinski definition) is 24. The molecule has 3 aliphatic rings. The van der Waals surface area contributed by atoms with Crippen LogP contribution in [0.2, 0.25) is 0 Å². The number of aromatic nitrogens is 2. The summed E-state index contributed by atoms with van der Waals surface area (Å²) in [7, 11) is 3.87. The van der Waals surface area contributed by atoms with Crippen molar-refractivity contribution in [1.29, 1.82) is 0 Å². The van der Waals surface area contributed by atoms with Crippen molar-refractivity contribution < 1.29 is 110 Å². The topological polar surface area (TPSA) is 454 Å². The summed E-state index contributed by atoms with van der Waals surface area (Å²) in [5, 5.41) is 39.0. The lowest BCUT2D eigenvalue weighted by Gasteiger charge is -2.24. The van der Waals surface area contributed by atoms with E-state index >= 15 is 0 Å². The number of aromatic carboxylic acids is 2. The zero-order valence-corrected chi connectivity index (χ0v) is 66.1. The van der Waals surface area contributed by atoms with Crippen molar-refractivity contribution >= 4 is 59.2 Å². The van der Waals surface area contributed by atoms with Crippen LogP contribution in [0.15, 0.2) is 158 Å². The summed E-state index contributed by atoms with van der Waals surface area (Å²) in [5.41, 5.74) is 17.2. The van der Waals surface area contributed by atoms with Gasteiger partial charge in [-0.05, 0) is 152 Å². The van der Waals surface area contributed by atoms with Crippen molar-refractivity contribution in [2.45, 2.75) is 103 Å². The summed E-state index contributed by atoms with van der Waals surface area (Å²) in [5.74, 6) is -8.27. The molecule has 0 radical (unpaired) electrons. The summed E-state index contributed by atoms with van der Waals surface area (Å²) in [6, 6.07) is 29.0. The first-order valence-electron chi connectivity index (χ1n) is 36.5. The van der Waals surface area contributed by atoms with Gasteiger partial charge in [-0.1, -0.05) is 36.4 Å². The maximum Gasteiger partial charge on any atom is 0.410 e. The molecule has 8 aromatic rings. The molecule has 0 unspecified atom stereocenters. The SMILES string of the molecule is CC(C)(C)OC(=O)N1C[C@H](N)[C@@H](N)C1.CCOc1ccc(OC)c(F)c1C(=O)c1ccc(C(=O)N[C@H]2CN(C(=O)OC(C)(C)C)C[C@@H]2N)cc1.CCOc1ccc(OC)c(F)c1C(=O)c1ccc(C(=O)O)cc1.COc1ccc(O)c(C(=O)c2ccc(C(=O)N[C@H]3CNC[C@@H]3NC(=O)c3ccncc3)cc2)c1F.O=C(O)c1ccncc1. The number of phenols is 1. The molecule has 11 rings (SSSR count). The van der Waals surface area contributed by atoms with E-state index < -0.39 is 99.2 Å². The summed E-state index contributed by atoms with van der Waals surface area (Å²) in [4.78, 5) is 132. The molecular weight excluding hydrogens is 1530 g/mol. The average Bonchev–Trinajstić information content (AvgIpc) is 1.74. The zero-order valence-electron chi connectivity index (χ0n) is 66.1. The number of nitrogens with one attached hydrogen (secondary N) is 4. The first-order valence-corrected chi connectivity index (χ1v) is 36.5. The molecule has 13 N–H and O–H groups in total. The lowest BCUT2D eigenvalue weighted by molar-refractivity contribution is 0.0279. The van der Waals surface area contributed by atoms with E-state index in [4.69, 9.17) is 60.6 Å². The normalized spacial score (nSPS) is 16.5. The number of pyridine rings is 2. The number of rotatable bonds is 21. The Hall–Kier alpha value is -13.1. The first kappa shape index (κ1) is 91.1. The Bertz CT molecular complexity index is 4820. The molecule has 3 saturated heterocycles. The van der Waals surface area contributed by atoms with E-state index in [1.54, 1.807) is 51.7 Å². The third-order valence-electron chi connectivity index (χ3n) is 17.5. The van der Waals surface area contributed by atoms with Crippen molar-refractivity contribution in [2.75, 3.05) is 73.8 Å². The highest BCUT2D eigenvalue weighted by atomic mass is 19.1. The molecule has 6 aromatic carbocycles. The average molecular weight is 1620 g/mol. The fraction of sp³-hybridized carbons (Fsp3) is 0.325. The first-order chi connectivity index (χ1) is 55.4. The highest BCUT2D eigenvalue weighted by Gasteiger charge is 2.38. The molecule has 0 spiro atoms. The second kappa shape index (κ2) is 41.8. The standard InChI is InChI=1S/C26H32FN3O6.C25H23FN4O5.C17H15FO5.C9H19N3O2.C6H5NO2/c1-6-35-19-11-12-20(34-5)22(27)21(19)23(31)15-7-9-16(10-8-15)24(32)29-18-14-30(13-17(18)28)25(33)36-26(2,3)4;1-35-20-7-6-19(31)21(22(20)26)23(32)14-2-4-15(5-3-14)24(33)29-17-12-28-13-18(17)30-25(34)16-8-10-27-11-9-16;1-3-23-12-8-9-13(22-2)15(18)14(12)16(19)10-4-6-11(7-5-10)17(20)21;1-9(2,3)14-8(13)12-4-6(10)7(11)5-12;8-6(9)5-1-3-7-4-2-5/h7-12,17-18H,6,13-14,28H2,1-5H3,(H,29,32);2-11,17-18,28,31H,12-13H2,1H3,(H,29,33)(H,30,34);4-9H,3H2,1-2H3,(H,20,21);6-7H,4-5,10-11H2,1-3H3;1-4H,(H,8,9)/t2*17-,18-;;6-,7-;/m00.0./s1. The number of hydrogen-bond donors (Lipinski definition) is 10. The number of ether oxygens (including phenoxy) is 7. The zero-order chi connectivity index (χ0) is 86.2. The molecule has 117 heavy (non-hydrogen) atoms. The maximum absolute atomic E-state index is 14.9. The number of phenolic OH excluding ortho intramolecular Hbond substituents is 1. The van der Waals surface area contributed by atoms with Gasteiger partial charge in [0.05, 0.1) is 63.8 Å². The molecule has 0 aliphatic carbocycles. The Labute approximate surface area is 672 Å². The van der Waals surface area contributed by atoms with Crippen molar-refractivity contribution in [3.8, 4) is 34.5 Å². The van der Waals surface area contributed by atoms with Gasteiger partial charge in [0.15, 0.2) is 52.0 Å². The van der Waals surface area contributed by atoms with Crippen LogP contribution in [0.1, 0.15) is 155 Å². The minimum Gasteiger partial charge on any atom is -0.507 e. The Morgan fingerprint density at radius 1 is 0.419 bits per heavy atom. The van der Waals surface area contributed by atoms with Gasteiger partial charge >= 0.3 is 24.1 Å². The number of aromatic hydroxyl groups is 1. The molecule has 0 saturated carbocycles. The molecule has 3 fully saturated rings. The van der Waals surface area contributed by atoms with Crippen molar-refractivity contribution in [3.05, 3.63) is 237 Å². The van der Waals surface area contributed by atoms with Crippen LogP contribution in [0.25, 0.3) is 0 Å². The van der Waals surface area contributed by atoms with Crippen LogP contribution in [0, 0.1) is 17.5 Å². The highest BCUT2D eigenvalue weighted by molar-refractivity contribution is 6.13. The van der Waals surface area contributed by atoms with Crippen LogP contribution in [-0.4, -0.2) is 216 Å². The second-order valence-electron chi connectivity index (χ2n) is 28.2. The molecule has 3 aliphatic heterocycles. The van der Waals surface area contributed by atoms with E-state index in [-0.39, 0.29) is 141 Å². The number of methoxy groups -OCH3 is 3. The number of carbonyl (C=O) groups excluding carboxylic acids is 8. The van der Waals surface area contributed by atoms with Crippen LogP contribution in [0.3, 0.4) is 0 Å². The van der Waals surface area contributed by atoms with Crippen molar-refractivity contribution in [1.82, 2.24) is 41.0 Å². The van der Waals surface area contributed by atoms with Gasteiger partial charge in [0.2, 0.25) is 0 Å². The molecule has 622 valence electrons. The fourth-order valence-corrected chi connectivity index (χ4v) is 11.6. The Balaban J connectivity index is 0.000000216.